The van der Waals surface area contributed by atoms with E-state index in [1.165, 1.54) is 12.1 Å². The van der Waals surface area contributed by atoms with Crippen molar-refractivity contribution in [3.05, 3.63) is 59.7 Å². The molecular formula is C24H24FN3O3. The third kappa shape index (κ3) is 3.03. The van der Waals surface area contributed by atoms with E-state index >= 15 is 0 Å². The summed E-state index contributed by atoms with van der Waals surface area (Å²) in [6, 6.07) is 10.5. The zero-order chi connectivity index (χ0) is 21.9. The number of aromatic amines is 1. The van der Waals surface area contributed by atoms with E-state index in [2.05, 4.69) is 40.7 Å². The summed E-state index contributed by atoms with van der Waals surface area (Å²) in [6.45, 7) is 4.20. The Balaban J connectivity index is 1.82. The van der Waals surface area contributed by atoms with Crippen molar-refractivity contribution >= 4 is 27.8 Å². The molecule has 1 fully saturated rings. The molecule has 7 heteroatoms. The summed E-state index contributed by atoms with van der Waals surface area (Å²) in [5.41, 5.74) is 3.11. The first-order valence-electron chi connectivity index (χ1n) is 10.5. The number of benzene rings is 2. The summed E-state index contributed by atoms with van der Waals surface area (Å²) >= 11 is 0. The Hall–Kier alpha value is -3.19. The van der Waals surface area contributed by atoms with Crippen LogP contribution in [0.15, 0.2) is 42.6 Å². The van der Waals surface area contributed by atoms with E-state index in [-0.39, 0.29) is 30.5 Å². The Labute approximate surface area is 178 Å². The van der Waals surface area contributed by atoms with Crippen LogP contribution >= 0.6 is 0 Å². The number of carboxylic acids is 1. The van der Waals surface area contributed by atoms with Gasteiger partial charge in [-0.3, -0.25) is 5.10 Å². The lowest BCUT2D eigenvalue weighted by Crippen LogP contribution is -2.35. The Morgan fingerprint density at radius 3 is 2.68 bits per heavy atom. The topological polar surface area (TPSA) is 91.1 Å². The first-order valence-corrected chi connectivity index (χ1v) is 10.5. The van der Waals surface area contributed by atoms with Gasteiger partial charge in [0.25, 0.3) is 0 Å². The number of carboxylic acid groups (broad SMARTS) is 1. The van der Waals surface area contributed by atoms with Gasteiger partial charge in [0.1, 0.15) is 5.82 Å². The van der Waals surface area contributed by atoms with Crippen molar-refractivity contribution in [1.82, 2.24) is 14.8 Å². The van der Waals surface area contributed by atoms with Gasteiger partial charge in [-0.05, 0) is 73.1 Å². The molecule has 4 aromatic rings. The monoisotopic (exact) mass is 421 g/mol. The smallest absolute Gasteiger partial charge is 0.335 e. The number of halogens is 1. The highest BCUT2D eigenvalue weighted by Crippen LogP contribution is 2.48. The number of nitrogens with one attached hydrogen (secondary N) is 1. The van der Waals surface area contributed by atoms with Crippen molar-refractivity contribution < 1.29 is 19.4 Å². The number of aliphatic hydroxyl groups is 1. The van der Waals surface area contributed by atoms with E-state index in [0.717, 1.165) is 38.8 Å². The lowest BCUT2D eigenvalue weighted by atomic mass is 9.89. The maximum atomic E-state index is 13.6. The Kier molecular flexibility index (Phi) is 4.41. The highest BCUT2D eigenvalue weighted by Gasteiger charge is 2.45. The third-order valence-corrected chi connectivity index (χ3v) is 6.53. The fraction of sp³-hybridized carbons (Fsp3) is 0.333. The van der Waals surface area contributed by atoms with E-state index in [1.54, 1.807) is 18.3 Å². The van der Waals surface area contributed by atoms with Gasteiger partial charge in [-0.2, -0.15) is 5.10 Å². The van der Waals surface area contributed by atoms with Crippen LogP contribution in [0.5, 0.6) is 0 Å². The molecule has 0 radical (unpaired) electrons. The van der Waals surface area contributed by atoms with Crippen LogP contribution in [-0.4, -0.2) is 36.5 Å². The van der Waals surface area contributed by atoms with Crippen LogP contribution in [0.25, 0.3) is 27.5 Å². The zero-order valence-corrected chi connectivity index (χ0v) is 17.4. The Morgan fingerprint density at radius 2 is 2.03 bits per heavy atom. The minimum atomic E-state index is -1.71. The second kappa shape index (κ2) is 6.92. The minimum Gasteiger partial charge on any atom is -0.479 e. The van der Waals surface area contributed by atoms with Crippen molar-refractivity contribution in [2.45, 2.75) is 50.5 Å². The molecule has 3 N–H and O–H groups in total. The number of aliphatic carboxylic acids is 1. The lowest BCUT2D eigenvalue weighted by molar-refractivity contribution is -0.157. The molecular weight excluding hydrogens is 397 g/mol. The van der Waals surface area contributed by atoms with E-state index in [9.17, 15) is 19.4 Å². The maximum Gasteiger partial charge on any atom is 0.335 e. The molecule has 2 heterocycles. The average Bonchev–Trinajstić information content (AvgIpc) is 3.42. The molecule has 2 aromatic heterocycles. The van der Waals surface area contributed by atoms with Gasteiger partial charge in [-0.1, -0.05) is 13.8 Å². The standard InChI is InChI=1S/C24H24FN3O3/c1-13(2)22-21(14-7-8-24(31,11-14)23(29)30)18-10-19-15(12-26-27-19)9-20(18)28(22)17-5-3-16(25)4-6-17/h3-6,9-10,12-14,31H,7-8,11H2,1-2H3,(H,26,27)(H,29,30)/t14-,24+/m1/s1. The first kappa shape index (κ1) is 19.8. The van der Waals surface area contributed by atoms with Crippen molar-refractivity contribution in [2.75, 3.05) is 0 Å². The van der Waals surface area contributed by atoms with Crippen molar-refractivity contribution in [1.29, 1.82) is 0 Å². The molecule has 0 spiro atoms. The van der Waals surface area contributed by atoms with Gasteiger partial charge in [0, 0.05) is 22.2 Å². The number of fused-ring (bicyclic) bond motifs is 2. The predicted octanol–water partition coefficient (Wildman–Crippen LogP) is 4.85. The number of aromatic nitrogens is 3. The molecule has 6 nitrogen and oxygen atoms in total. The van der Waals surface area contributed by atoms with Gasteiger partial charge in [0.15, 0.2) is 5.60 Å². The van der Waals surface area contributed by atoms with Crippen LogP contribution < -0.4 is 0 Å². The SMILES string of the molecule is CC(C)c1c([C@@H]2CC[C@@](O)(C(=O)O)C2)c2cc3[nH]ncc3cc2n1-c1ccc(F)cc1. The molecule has 0 unspecified atom stereocenters. The highest BCUT2D eigenvalue weighted by molar-refractivity contribution is 5.99. The number of nitrogens with zero attached hydrogens (tertiary/aromatic N) is 2. The number of rotatable bonds is 4. The number of hydrogen-bond acceptors (Lipinski definition) is 3. The van der Waals surface area contributed by atoms with E-state index < -0.39 is 11.6 Å². The van der Waals surface area contributed by atoms with Crippen molar-refractivity contribution in [3.8, 4) is 5.69 Å². The molecule has 0 aliphatic heterocycles. The summed E-state index contributed by atoms with van der Waals surface area (Å²) in [5, 5.41) is 29.3. The van der Waals surface area contributed by atoms with E-state index in [4.69, 9.17) is 0 Å². The summed E-state index contributed by atoms with van der Waals surface area (Å²) in [5.74, 6) is -1.43. The maximum absolute atomic E-state index is 13.6. The predicted molar refractivity (Wildman–Crippen MR) is 116 cm³/mol. The van der Waals surface area contributed by atoms with Gasteiger partial charge < -0.3 is 14.8 Å². The van der Waals surface area contributed by atoms with Gasteiger partial charge in [-0.15, -0.1) is 0 Å². The fourth-order valence-corrected chi connectivity index (χ4v) is 5.10. The van der Waals surface area contributed by atoms with Gasteiger partial charge in [0.2, 0.25) is 0 Å². The summed E-state index contributed by atoms with van der Waals surface area (Å²) < 4.78 is 15.8. The molecule has 1 aliphatic rings. The van der Waals surface area contributed by atoms with Gasteiger partial charge in [0.05, 0.1) is 17.2 Å². The van der Waals surface area contributed by atoms with Crippen LogP contribution in [0.4, 0.5) is 4.39 Å². The first-order chi connectivity index (χ1) is 14.8. The minimum absolute atomic E-state index is 0.0944. The molecule has 0 bridgehead atoms. The fourth-order valence-electron chi connectivity index (χ4n) is 5.10. The Bertz CT molecular complexity index is 1310. The largest absolute Gasteiger partial charge is 0.479 e. The summed E-state index contributed by atoms with van der Waals surface area (Å²) in [6.07, 6.45) is 2.75. The lowest BCUT2D eigenvalue weighted by Gasteiger charge is -2.20. The molecule has 31 heavy (non-hydrogen) atoms. The number of H-pyrrole nitrogens is 1. The van der Waals surface area contributed by atoms with Crippen molar-refractivity contribution in [3.63, 3.8) is 0 Å². The van der Waals surface area contributed by atoms with Crippen LogP contribution in [-0.2, 0) is 4.79 Å². The van der Waals surface area contributed by atoms with Crippen LogP contribution in [0.3, 0.4) is 0 Å². The molecule has 0 amide bonds. The molecule has 1 saturated carbocycles. The Morgan fingerprint density at radius 1 is 1.29 bits per heavy atom. The summed E-state index contributed by atoms with van der Waals surface area (Å²) in [4.78, 5) is 11.7. The zero-order valence-electron chi connectivity index (χ0n) is 17.4. The van der Waals surface area contributed by atoms with Crippen LogP contribution in [0, 0.1) is 5.82 Å². The van der Waals surface area contributed by atoms with Crippen molar-refractivity contribution in [2.24, 2.45) is 0 Å². The van der Waals surface area contributed by atoms with Crippen LogP contribution in [0.1, 0.15) is 56.2 Å². The van der Waals surface area contributed by atoms with E-state index in [1.807, 2.05) is 0 Å². The third-order valence-electron chi connectivity index (χ3n) is 6.53. The van der Waals surface area contributed by atoms with Crippen LogP contribution in [0.2, 0.25) is 0 Å². The second-order valence-electron chi connectivity index (χ2n) is 8.87. The molecule has 5 rings (SSSR count). The molecule has 2 atom stereocenters. The molecule has 0 saturated heterocycles. The van der Waals surface area contributed by atoms with Gasteiger partial charge in [-0.25, -0.2) is 9.18 Å². The second-order valence-corrected chi connectivity index (χ2v) is 8.87. The number of carbonyl (C=O) groups is 1. The number of hydrogen-bond donors (Lipinski definition) is 3. The van der Waals surface area contributed by atoms with Gasteiger partial charge >= 0.3 is 5.97 Å². The molecule has 1 aliphatic carbocycles. The summed E-state index contributed by atoms with van der Waals surface area (Å²) in [7, 11) is 0. The molecule has 2 aromatic carbocycles. The normalized spacial score (nSPS) is 21.5. The average molecular weight is 421 g/mol. The molecule has 160 valence electrons. The highest BCUT2D eigenvalue weighted by atomic mass is 19.1. The quantitative estimate of drug-likeness (QED) is 0.439. The van der Waals surface area contributed by atoms with E-state index in [0.29, 0.717) is 6.42 Å².